The predicted molar refractivity (Wildman–Crippen MR) is 310 cm³/mol. The summed E-state index contributed by atoms with van der Waals surface area (Å²) < 4.78 is 54.0. The second-order valence-corrected chi connectivity index (χ2v) is 21.7. The Kier molecular flexibility index (Phi) is 20.4. The lowest BCUT2D eigenvalue weighted by Crippen LogP contribution is -2.82. The molecule has 3 aromatic rings. The number of hydrogen-bond donors (Lipinski definition) is 3. The van der Waals surface area contributed by atoms with E-state index in [0.717, 1.165) is 13.8 Å². The van der Waals surface area contributed by atoms with Crippen molar-refractivity contribution < 1.29 is 86.4 Å². The maximum absolute atomic E-state index is 15.9. The van der Waals surface area contributed by atoms with Crippen LogP contribution in [0.25, 0.3) is 0 Å². The Labute approximate surface area is 509 Å². The van der Waals surface area contributed by atoms with Crippen molar-refractivity contribution in [3.05, 3.63) is 119 Å². The molecule has 3 aliphatic carbocycles. The Morgan fingerprint density at radius 3 is 1.90 bits per heavy atom. The highest BCUT2D eigenvalue weighted by atomic mass is 16.8. The van der Waals surface area contributed by atoms with Crippen molar-refractivity contribution in [2.75, 3.05) is 19.8 Å². The topological polar surface area (TPSA) is 255 Å². The molecule has 5 aliphatic rings. The van der Waals surface area contributed by atoms with Gasteiger partial charge in [-0.05, 0) is 138 Å². The van der Waals surface area contributed by atoms with Crippen LogP contribution < -0.4 is 5.32 Å². The number of aliphatic hydroxyl groups excluding tert-OH is 1. The minimum atomic E-state index is -2.53. The van der Waals surface area contributed by atoms with Gasteiger partial charge in [-0.25, -0.2) is 14.4 Å². The lowest BCUT2D eigenvalue weighted by Gasteiger charge is -2.67. The third-order valence-electron chi connectivity index (χ3n) is 16.1. The van der Waals surface area contributed by atoms with Crippen LogP contribution in [0.15, 0.2) is 102 Å². The largest absolute Gasteiger partial charge is 0.509 e. The molecule has 0 unspecified atom stereocenters. The van der Waals surface area contributed by atoms with Crippen molar-refractivity contribution in [1.82, 2.24) is 5.32 Å². The van der Waals surface area contributed by atoms with E-state index in [4.69, 9.17) is 49.1 Å². The van der Waals surface area contributed by atoms with E-state index in [1.54, 1.807) is 66.7 Å². The van der Waals surface area contributed by atoms with Gasteiger partial charge in [0.2, 0.25) is 6.10 Å². The number of rotatable bonds is 14. The third-order valence-corrected chi connectivity index (χ3v) is 16.1. The van der Waals surface area contributed by atoms with Crippen LogP contribution in [0.5, 0.6) is 0 Å². The molecule has 4 fully saturated rings. The molecule has 1 amide bonds. The first-order valence-corrected chi connectivity index (χ1v) is 27.7. The van der Waals surface area contributed by atoms with Crippen LogP contribution in [0.2, 0.25) is 0 Å². The summed E-state index contributed by atoms with van der Waals surface area (Å²) in [5.41, 5.74) is -7.90. The van der Waals surface area contributed by atoms with Crippen LogP contribution in [0, 0.1) is 112 Å². The van der Waals surface area contributed by atoms with Crippen molar-refractivity contribution in [3.8, 4) is 95.2 Å². The molecule has 2 saturated heterocycles. The summed E-state index contributed by atoms with van der Waals surface area (Å²) in [7, 11) is 0. The molecular weight excluding hydrogens is 1130 g/mol. The van der Waals surface area contributed by atoms with Crippen molar-refractivity contribution in [1.29, 1.82) is 0 Å². The molecule has 2 saturated carbocycles. The number of amides is 1. The van der Waals surface area contributed by atoms with Crippen molar-refractivity contribution >= 4 is 41.7 Å². The van der Waals surface area contributed by atoms with Crippen molar-refractivity contribution in [2.45, 2.75) is 127 Å². The predicted octanol–water partition coefficient (Wildman–Crippen LogP) is 4.69. The normalized spacial score (nSPS) is 27.1. The van der Waals surface area contributed by atoms with Gasteiger partial charge >= 0.3 is 30.0 Å². The van der Waals surface area contributed by atoms with Gasteiger partial charge in [0.05, 0.1) is 42.6 Å². The van der Waals surface area contributed by atoms with Gasteiger partial charge in [0, 0.05) is 37.7 Å². The molecule has 2 aliphatic heterocycles. The highest BCUT2D eigenvalue weighted by Gasteiger charge is 2.78. The summed E-state index contributed by atoms with van der Waals surface area (Å²) in [6.07, 6.45) is -9.33. The molecule has 2 heterocycles. The standard InChI is InChI=1S/C69H59NO18/c1-8-9-10-11-12-13-14-15-16-17-18-19-20-21-31-38-54-80-41-50(84-54)42-81-65(78)86-58(56(47-32-25-22-26-33-47)70-62(75)48-34-27-23-28-35-48)64(77)85-51-40-69(79)61(87-63(76)49-36-29-24-30-37-49)59-67(7,52(73)39-53-68(59,43-82-53)88-46(4)72)60(74)57(83-45(3)71)55(44(51)2)66(69,5)6/h1,22-30,32-37,50-54,56-59,61,73,79H,38-43H2,2-7H3,(H,70,75)/t50-,51-,52-,53+,54+,56-,57+,58+,59-,61-,67+,68-,69+/m0/s1. The van der Waals surface area contributed by atoms with Gasteiger partial charge in [0.15, 0.2) is 23.8 Å². The first kappa shape index (κ1) is 64.0. The summed E-state index contributed by atoms with van der Waals surface area (Å²) in [5, 5.41) is 29.2. The first-order valence-electron chi connectivity index (χ1n) is 27.7. The lowest BCUT2D eigenvalue weighted by atomic mass is 9.44. The number of benzene rings is 3. The number of fused-ring (bicyclic) bond motifs is 5. The summed E-state index contributed by atoms with van der Waals surface area (Å²) in [6, 6.07) is 22.2. The Hall–Kier alpha value is -10.0. The molecule has 19 nitrogen and oxygen atoms in total. The number of nitrogens with one attached hydrogen (secondary N) is 1. The number of esters is 4. The zero-order valence-corrected chi connectivity index (χ0v) is 48.7. The van der Waals surface area contributed by atoms with Crippen molar-refractivity contribution in [2.24, 2.45) is 16.7 Å². The summed E-state index contributed by atoms with van der Waals surface area (Å²) in [5.74, 6) is 29.9. The first-order chi connectivity index (χ1) is 42.2. The average molecular weight is 1190 g/mol. The number of terminal acetylenes is 1. The molecule has 448 valence electrons. The number of carbonyl (C=O) groups is 7. The number of aliphatic hydroxyl groups is 2. The number of ether oxygens (including phenoxy) is 9. The summed E-state index contributed by atoms with van der Waals surface area (Å²) in [6.45, 7) is 7.21. The number of Topliss-reactive ketones (excluding diaryl/α,β-unsaturated/α-hetero) is 1. The van der Waals surface area contributed by atoms with Crippen molar-refractivity contribution in [3.63, 3.8) is 0 Å². The van der Waals surface area contributed by atoms with Crippen LogP contribution >= 0.6 is 0 Å². The fraction of sp³-hybridized carbons (Fsp3) is 0.377. The zero-order chi connectivity index (χ0) is 63.2. The van der Waals surface area contributed by atoms with Gasteiger partial charge < -0.3 is 58.2 Å². The van der Waals surface area contributed by atoms with Gasteiger partial charge in [0.25, 0.3) is 5.91 Å². The molecule has 8 rings (SSSR count). The third kappa shape index (κ3) is 13.8. The molecule has 3 N–H and O–H groups in total. The highest BCUT2D eigenvalue weighted by molar-refractivity contribution is 5.96. The molecule has 88 heavy (non-hydrogen) atoms. The Bertz CT molecular complexity index is 3790. The van der Waals surface area contributed by atoms with E-state index in [1.807, 2.05) is 0 Å². The van der Waals surface area contributed by atoms with Gasteiger partial charge in [-0.2, -0.15) is 0 Å². The second-order valence-electron chi connectivity index (χ2n) is 21.7. The van der Waals surface area contributed by atoms with E-state index in [1.165, 1.54) is 52.0 Å². The summed E-state index contributed by atoms with van der Waals surface area (Å²) in [4.78, 5) is 101. The fourth-order valence-corrected chi connectivity index (χ4v) is 11.8. The van der Waals surface area contributed by atoms with E-state index in [-0.39, 0.29) is 53.9 Å². The smallest absolute Gasteiger partial charge is 0.455 e. The molecule has 13 atom stereocenters. The molecule has 3 aromatic carbocycles. The van der Waals surface area contributed by atoms with Gasteiger partial charge in [0.1, 0.15) is 42.7 Å². The number of hydrogen-bond acceptors (Lipinski definition) is 18. The van der Waals surface area contributed by atoms with Crippen LogP contribution in [-0.4, -0.2) is 132 Å². The zero-order valence-electron chi connectivity index (χ0n) is 48.7. The molecule has 0 aromatic heterocycles. The monoisotopic (exact) mass is 1190 g/mol. The highest BCUT2D eigenvalue weighted by Crippen LogP contribution is 2.64. The summed E-state index contributed by atoms with van der Waals surface area (Å²) >= 11 is 0. The molecule has 0 radical (unpaired) electrons. The van der Waals surface area contributed by atoms with Crippen LogP contribution in [0.3, 0.4) is 0 Å². The van der Waals surface area contributed by atoms with Crippen LogP contribution in [-0.2, 0) is 61.8 Å². The second kappa shape index (κ2) is 28.0. The SMILES string of the molecule is C#CC#CC#CC#CC#CC#CC#CC#CC[C@@H]1OC[C@@H](COC(=O)O[C@@H](C(=O)O[C@H]2C[C@@]3(O)[C@@H](OC(=O)c4ccccc4)[C@@H]4[C@]5(OC(C)=O)CO[C@@H]5C[C@H](O)[C@@]4(C)C(=O)[C@H](OC(C)=O)C(=C2C)C3(C)C)[C@@H](NC(=O)c2ccccc2)c2ccccc2)O1. The molecular formula is C69H59NO18. The molecule has 19 heteroatoms. The Morgan fingerprint density at radius 1 is 0.750 bits per heavy atom. The van der Waals surface area contributed by atoms with Gasteiger partial charge in [-0.3, -0.25) is 19.2 Å². The van der Waals surface area contributed by atoms with Gasteiger partial charge in [-0.1, -0.05) is 86.5 Å². The van der Waals surface area contributed by atoms with Crippen LogP contribution in [0.4, 0.5) is 4.79 Å². The van der Waals surface area contributed by atoms with Gasteiger partial charge in [-0.15, -0.1) is 6.42 Å². The molecule has 2 bridgehead atoms. The lowest BCUT2D eigenvalue weighted by molar-refractivity contribution is -0.346. The maximum Gasteiger partial charge on any atom is 0.509 e. The quantitative estimate of drug-likeness (QED) is 0.0857. The average Bonchev–Trinajstić information content (AvgIpc) is 0.817. The minimum absolute atomic E-state index is 0.0162. The maximum atomic E-state index is 15.9. The Morgan fingerprint density at radius 2 is 1.33 bits per heavy atom. The molecule has 0 spiro atoms. The number of carbonyl (C=O) groups excluding carboxylic acids is 7. The number of ketones is 1. The van der Waals surface area contributed by atoms with E-state index in [2.05, 4.69) is 94.1 Å². The fourth-order valence-electron chi connectivity index (χ4n) is 11.8. The van der Waals surface area contributed by atoms with E-state index >= 15 is 9.59 Å². The van der Waals surface area contributed by atoms with Crippen LogP contribution in [0.1, 0.15) is 93.1 Å². The van der Waals surface area contributed by atoms with E-state index in [9.17, 15) is 34.2 Å². The van der Waals surface area contributed by atoms with E-state index < -0.39 is 138 Å². The minimum Gasteiger partial charge on any atom is -0.455 e. The van der Waals surface area contributed by atoms with E-state index in [0.29, 0.717) is 0 Å². The Balaban J connectivity index is 1.12.